The van der Waals surface area contributed by atoms with Crippen LogP contribution in [-0.4, -0.2) is 80.6 Å². The molecule has 2 atom stereocenters. The predicted molar refractivity (Wildman–Crippen MR) is 183 cm³/mol. The number of rotatable bonds is 32. The second kappa shape index (κ2) is 29.5. The van der Waals surface area contributed by atoms with Crippen LogP contribution in [-0.2, 0) is 28.6 Å². The van der Waals surface area contributed by atoms with Crippen molar-refractivity contribution in [2.45, 2.75) is 167 Å². The first kappa shape index (κ1) is 43.1. The third kappa shape index (κ3) is 28.1. The molecule has 2 unspecified atom stereocenters. The SMILES string of the molecule is CCCCCCCC/C=C\CCCCCCCCCCCC(=O)OC(COCCC(C(=O)O)[N+](C)(C)C)COC(=O)CCCC. The van der Waals surface area contributed by atoms with Gasteiger partial charge >= 0.3 is 17.9 Å². The van der Waals surface area contributed by atoms with Crippen LogP contribution in [0, 0.1) is 0 Å². The molecule has 0 aliphatic rings. The van der Waals surface area contributed by atoms with Gasteiger partial charge in [0, 0.05) is 19.3 Å². The lowest BCUT2D eigenvalue weighted by molar-refractivity contribution is -0.887. The van der Waals surface area contributed by atoms with Crippen molar-refractivity contribution in [1.82, 2.24) is 0 Å². The molecule has 264 valence electrons. The van der Waals surface area contributed by atoms with Crippen molar-refractivity contribution in [2.24, 2.45) is 0 Å². The van der Waals surface area contributed by atoms with Gasteiger partial charge in [0.25, 0.3) is 0 Å². The van der Waals surface area contributed by atoms with E-state index in [1.54, 1.807) is 0 Å². The van der Waals surface area contributed by atoms with E-state index in [0.29, 0.717) is 19.3 Å². The van der Waals surface area contributed by atoms with E-state index in [1.807, 2.05) is 28.1 Å². The zero-order valence-electron chi connectivity index (χ0n) is 29.8. The number of hydrogen-bond donors (Lipinski definition) is 1. The Kier molecular flexibility index (Phi) is 28.2. The summed E-state index contributed by atoms with van der Waals surface area (Å²) in [5.74, 6) is -1.51. The maximum atomic E-state index is 12.5. The summed E-state index contributed by atoms with van der Waals surface area (Å²) >= 11 is 0. The summed E-state index contributed by atoms with van der Waals surface area (Å²) in [5.41, 5.74) is 0. The molecular formula is C37H70NO7+. The lowest BCUT2D eigenvalue weighted by Crippen LogP contribution is -2.50. The van der Waals surface area contributed by atoms with Crippen LogP contribution in [0.25, 0.3) is 0 Å². The maximum Gasteiger partial charge on any atom is 0.362 e. The number of carboxylic acids is 1. The Bertz CT molecular complexity index is 762. The van der Waals surface area contributed by atoms with Gasteiger partial charge in [0.2, 0.25) is 0 Å². The quantitative estimate of drug-likeness (QED) is 0.0339. The molecule has 0 rings (SSSR count). The standard InChI is InChI=1S/C37H69NO7/c1-6-8-10-11-12-13-14-15-16-17-18-19-20-21-22-23-24-25-26-28-36(40)45-33(32-44-35(39)27-9-7-2)31-43-30-29-34(37(41)42)38(3,4)5/h15-16,33-34H,6-14,17-32H2,1-5H3/p+1/b16-15-. The highest BCUT2D eigenvalue weighted by atomic mass is 16.6. The van der Waals surface area contributed by atoms with Gasteiger partial charge in [-0.1, -0.05) is 109 Å². The fraction of sp³-hybridized carbons (Fsp3) is 0.865. The number of quaternary nitrogens is 1. The summed E-state index contributed by atoms with van der Waals surface area (Å²) in [7, 11) is 5.49. The van der Waals surface area contributed by atoms with Crippen molar-refractivity contribution in [2.75, 3.05) is 41.0 Å². The number of nitrogens with zero attached hydrogens (tertiary/aromatic N) is 1. The van der Waals surface area contributed by atoms with Crippen LogP contribution in [0.5, 0.6) is 0 Å². The molecule has 1 N–H and O–H groups in total. The number of carbonyl (C=O) groups is 3. The van der Waals surface area contributed by atoms with Crippen molar-refractivity contribution in [1.29, 1.82) is 0 Å². The van der Waals surface area contributed by atoms with Crippen LogP contribution in [0.15, 0.2) is 12.2 Å². The number of esters is 2. The summed E-state index contributed by atoms with van der Waals surface area (Å²) < 4.78 is 16.9. The van der Waals surface area contributed by atoms with Crippen molar-refractivity contribution < 1.29 is 38.2 Å². The Morgan fingerprint density at radius 2 is 1.13 bits per heavy atom. The Labute approximate surface area is 276 Å². The smallest absolute Gasteiger partial charge is 0.362 e. The van der Waals surface area contributed by atoms with Gasteiger partial charge in [-0.25, -0.2) is 4.79 Å². The molecular weight excluding hydrogens is 570 g/mol. The summed E-state index contributed by atoms with van der Waals surface area (Å²) in [4.78, 5) is 36.1. The largest absolute Gasteiger partial charge is 0.477 e. The molecule has 0 bridgehead atoms. The van der Waals surface area contributed by atoms with Crippen molar-refractivity contribution >= 4 is 17.9 Å². The van der Waals surface area contributed by atoms with E-state index in [-0.39, 0.29) is 36.2 Å². The molecule has 0 amide bonds. The lowest BCUT2D eigenvalue weighted by atomic mass is 10.1. The normalized spacial score (nSPS) is 13.2. The van der Waals surface area contributed by atoms with E-state index in [9.17, 15) is 19.5 Å². The molecule has 0 heterocycles. The third-order valence-electron chi connectivity index (χ3n) is 8.16. The van der Waals surface area contributed by atoms with Crippen LogP contribution >= 0.6 is 0 Å². The first-order valence-corrected chi connectivity index (χ1v) is 18.2. The van der Waals surface area contributed by atoms with Crippen LogP contribution in [0.1, 0.15) is 155 Å². The van der Waals surface area contributed by atoms with E-state index in [0.717, 1.165) is 32.1 Å². The van der Waals surface area contributed by atoms with Gasteiger partial charge in [0.05, 0.1) is 34.4 Å². The van der Waals surface area contributed by atoms with E-state index in [4.69, 9.17) is 14.2 Å². The van der Waals surface area contributed by atoms with Gasteiger partial charge in [-0.15, -0.1) is 0 Å². The molecule has 0 fully saturated rings. The topological polar surface area (TPSA) is 99.1 Å². The number of unbranched alkanes of at least 4 members (excludes halogenated alkanes) is 16. The molecule has 0 spiro atoms. The van der Waals surface area contributed by atoms with Gasteiger partial charge in [0.1, 0.15) is 6.61 Å². The second-order valence-electron chi connectivity index (χ2n) is 13.5. The van der Waals surface area contributed by atoms with Crippen molar-refractivity contribution in [3.63, 3.8) is 0 Å². The Morgan fingerprint density at radius 1 is 0.644 bits per heavy atom. The molecule has 8 nitrogen and oxygen atoms in total. The first-order chi connectivity index (χ1) is 21.6. The lowest BCUT2D eigenvalue weighted by Gasteiger charge is -2.31. The highest BCUT2D eigenvalue weighted by molar-refractivity contribution is 5.72. The zero-order chi connectivity index (χ0) is 33.6. The number of hydrogen-bond acceptors (Lipinski definition) is 6. The molecule has 0 saturated carbocycles. The van der Waals surface area contributed by atoms with Crippen LogP contribution in [0.4, 0.5) is 0 Å². The number of carboxylic acid groups (broad SMARTS) is 1. The molecule has 0 aliphatic heterocycles. The first-order valence-electron chi connectivity index (χ1n) is 18.2. The van der Waals surface area contributed by atoms with Crippen LogP contribution in [0.2, 0.25) is 0 Å². The Hall–Kier alpha value is -1.93. The average Bonchev–Trinajstić information content (AvgIpc) is 2.98. The minimum absolute atomic E-state index is 0.0541. The fourth-order valence-electron chi connectivity index (χ4n) is 5.24. The zero-order valence-corrected chi connectivity index (χ0v) is 29.8. The van der Waals surface area contributed by atoms with Crippen molar-refractivity contribution in [3.8, 4) is 0 Å². The average molecular weight is 641 g/mol. The fourth-order valence-corrected chi connectivity index (χ4v) is 5.24. The minimum Gasteiger partial charge on any atom is -0.477 e. The maximum absolute atomic E-state index is 12.5. The van der Waals surface area contributed by atoms with Gasteiger partial charge in [-0.05, 0) is 38.5 Å². The minimum atomic E-state index is -0.879. The highest BCUT2D eigenvalue weighted by Gasteiger charge is 2.31. The van der Waals surface area contributed by atoms with E-state index >= 15 is 0 Å². The number of aliphatic carboxylic acids is 1. The summed E-state index contributed by atoms with van der Waals surface area (Å²) in [6.07, 6.45) is 27.8. The summed E-state index contributed by atoms with van der Waals surface area (Å²) in [6.45, 7) is 4.49. The van der Waals surface area contributed by atoms with Gasteiger partial charge in [0.15, 0.2) is 12.1 Å². The van der Waals surface area contributed by atoms with E-state index < -0.39 is 18.1 Å². The molecule has 0 radical (unpaired) electrons. The van der Waals surface area contributed by atoms with E-state index in [2.05, 4.69) is 19.1 Å². The van der Waals surface area contributed by atoms with Crippen molar-refractivity contribution in [3.05, 3.63) is 12.2 Å². The Morgan fingerprint density at radius 3 is 1.64 bits per heavy atom. The molecule has 0 aromatic carbocycles. The molecule has 0 aliphatic carbocycles. The van der Waals surface area contributed by atoms with Crippen LogP contribution in [0.3, 0.4) is 0 Å². The number of ether oxygens (including phenoxy) is 3. The monoisotopic (exact) mass is 641 g/mol. The molecule has 45 heavy (non-hydrogen) atoms. The third-order valence-corrected chi connectivity index (χ3v) is 8.16. The molecule has 0 aromatic heterocycles. The number of likely N-dealkylation sites (N-methyl/N-ethyl adjacent to an activating group) is 1. The van der Waals surface area contributed by atoms with E-state index in [1.165, 1.54) is 89.9 Å². The highest BCUT2D eigenvalue weighted by Crippen LogP contribution is 2.14. The van der Waals surface area contributed by atoms with Gasteiger partial charge in [-0.2, -0.15) is 0 Å². The predicted octanol–water partition coefficient (Wildman–Crippen LogP) is 8.80. The number of allylic oxidation sites excluding steroid dienone is 2. The molecule has 8 heteroatoms. The van der Waals surface area contributed by atoms with Crippen LogP contribution < -0.4 is 0 Å². The summed E-state index contributed by atoms with van der Waals surface area (Å²) in [5, 5.41) is 9.50. The summed E-state index contributed by atoms with van der Waals surface area (Å²) in [6, 6.07) is -0.607. The number of carbonyl (C=O) groups excluding carboxylic acids is 2. The molecule has 0 saturated heterocycles. The van der Waals surface area contributed by atoms with Gasteiger partial charge in [-0.3, -0.25) is 9.59 Å². The molecule has 0 aromatic rings. The second-order valence-corrected chi connectivity index (χ2v) is 13.5. The Balaban J connectivity index is 4.07. The van der Waals surface area contributed by atoms with Gasteiger partial charge < -0.3 is 23.8 Å².